The number of carbonyl (C=O) groups excluding carboxylic acids is 2. The zero-order chi connectivity index (χ0) is 20.6. The van der Waals surface area contributed by atoms with Crippen molar-refractivity contribution >= 4 is 11.8 Å². The minimum atomic E-state index is -1.09. The van der Waals surface area contributed by atoms with Gasteiger partial charge in [0.1, 0.15) is 11.5 Å². The molecule has 0 aliphatic carbocycles. The van der Waals surface area contributed by atoms with Gasteiger partial charge in [-0.25, -0.2) is 0 Å². The Balaban J connectivity index is 0.00000176. The maximum Gasteiger partial charge on any atom is 0.239 e. The summed E-state index contributed by atoms with van der Waals surface area (Å²) in [4.78, 5) is 23.1. The first-order valence-corrected chi connectivity index (χ1v) is 8.92. The highest BCUT2D eigenvalue weighted by atomic mass is 16.4. The first-order valence-electron chi connectivity index (χ1n) is 8.92. The highest BCUT2D eigenvalue weighted by Crippen LogP contribution is 2.25. The molecular formula is C19H29N5O3. The lowest BCUT2D eigenvalue weighted by atomic mass is 9.93. The smallest absolute Gasteiger partial charge is 0.239 e. The van der Waals surface area contributed by atoms with Crippen molar-refractivity contribution in [1.29, 1.82) is 0 Å². The Morgan fingerprint density at radius 1 is 1.15 bits per heavy atom. The molecule has 0 bridgehead atoms. The van der Waals surface area contributed by atoms with Crippen molar-refractivity contribution in [2.45, 2.75) is 59.0 Å². The number of primary amides is 1. The second-order valence-electron chi connectivity index (χ2n) is 6.41. The van der Waals surface area contributed by atoms with Crippen LogP contribution >= 0.6 is 0 Å². The van der Waals surface area contributed by atoms with Crippen LogP contribution in [0.15, 0.2) is 28.7 Å². The van der Waals surface area contributed by atoms with E-state index in [9.17, 15) is 9.59 Å². The van der Waals surface area contributed by atoms with Gasteiger partial charge in [0, 0.05) is 19.9 Å². The number of nitrogens with one attached hydrogen (secondary N) is 1. The molecule has 2 aromatic rings. The van der Waals surface area contributed by atoms with Gasteiger partial charge in [-0.1, -0.05) is 38.1 Å². The zero-order valence-corrected chi connectivity index (χ0v) is 16.6. The van der Waals surface area contributed by atoms with Gasteiger partial charge in [0.25, 0.3) is 0 Å². The molecule has 0 fully saturated rings. The van der Waals surface area contributed by atoms with Gasteiger partial charge in [0.15, 0.2) is 0 Å². The average Bonchev–Trinajstić information content (AvgIpc) is 3.14. The SMILES string of the molecule is CC.CC(=O)NC(Cc1ccc(CN)cc1)c1nnc(C(C)(C)C(N)=O)o1. The first kappa shape index (κ1) is 22.3. The summed E-state index contributed by atoms with van der Waals surface area (Å²) in [5, 5.41) is 10.7. The average molecular weight is 375 g/mol. The van der Waals surface area contributed by atoms with E-state index in [2.05, 4.69) is 15.5 Å². The van der Waals surface area contributed by atoms with Gasteiger partial charge in [-0.3, -0.25) is 9.59 Å². The van der Waals surface area contributed by atoms with Crippen LogP contribution < -0.4 is 16.8 Å². The summed E-state index contributed by atoms with van der Waals surface area (Å²) in [6, 6.07) is 7.21. The molecule has 27 heavy (non-hydrogen) atoms. The Kier molecular flexibility index (Phi) is 8.11. The summed E-state index contributed by atoms with van der Waals surface area (Å²) < 4.78 is 5.63. The Labute approximate surface area is 159 Å². The molecule has 0 spiro atoms. The van der Waals surface area contributed by atoms with Gasteiger partial charge in [0.2, 0.25) is 23.6 Å². The number of rotatable bonds is 7. The molecule has 2 amide bonds. The quantitative estimate of drug-likeness (QED) is 0.674. The van der Waals surface area contributed by atoms with E-state index in [1.165, 1.54) is 6.92 Å². The third kappa shape index (κ3) is 5.89. The normalized spacial score (nSPS) is 11.9. The third-order valence-corrected chi connectivity index (χ3v) is 3.97. The molecule has 148 valence electrons. The first-order chi connectivity index (χ1) is 12.7. The molecule has 0 saturated carbocycles. The lowest BCUT2D eigenvalue weighted by Crippen LogP contribution is -2.35. The van der Waals surface area contributed by atoms with Crippen LogP contribution in [0.25, 0.3) is 0 Å². The molecule has 1 heterocycles. The number of nitrogens with zero attached hydrogens (tertiary/aromatic N) is 2. The van der Waals surface area contributed by atoms with Crippen LogP contribution in [-0.2, 0) is 28.0 Å². The summed E-state index contributed by atoms with van der Waals surface area (Å²) >= 11 is 0. The molecule has 2 rings (SSSR count). The molecule has 1 aromatic heterocycles. The lowest BCUT2D eigenvalue weighted by molar-refractivity contribution is -0.123. The molecule has 8 nitrogen and oxygen atoms in total. The Morgan fingerprint density at radius 3 is 2.19 bits per heavy atom. The van der Waals surface area contributed by atoms with Crippen LogP contribution in [0.1, 0.15) is 63.6 Å². The molecule has 0 radical (unpaired) electrons. The van der Waals surface area contributed by atoms with E-state index < -0.39 is 17.4 Å². The molecular weight excluding hydrogens is 346 g/mol. The monoisotopic (exact) mass is 375 g/mol. The second kappa shape index (κ2) is 9.82. The van der Waals surface area contributed by atoms with Crippen LogP contribution in [0.2, 0.25) is 0 Å². The number of benzene rings is 1. The van der Waals surface area contributed by atoms with E-state index in [0.29, 0.717) is 13.0 Å². The van der Waals surface area contributed by atoms with Crippen LogP contribution in [0.3, 0.4) is 0 Å². The summed E-state index contributed by atoms with van der Waals surface area (Å²) in [6.07, 6.45) is 0.461. The van der Waals surface area contributed by atoms with E-state index >= 15 is 0 Å². The Morgan fingerprint density at radius 2 is 1.70 bits per heavy atom. The standard InChI is InChI=1S/C17H23N5O3.C2H6/c1-10(23)20-13(8-11-4-6-12(9-18)7-5-11)14-21-22-16(25-14)17(2,3)15(19)24;1-2/h4-7,13H,8-9,18H2,1-3H3,(H2,19,24)(H,20,23);1-2H3. The predicted octanol–water partition coefficient (Wildman–Crippen LogP) is 1.74. The van der Waals surface area contributed by atoms with E-state index in [1.807, 2.05) is 38.1 Å². The largest absolute Gasteiger partial charge is 0.422 e. The van der Waals surface area contributed by atoms with Gasteiger partial charge in [-0.05, 0) is 25.0 Å². The van der Waals surface area contributed by atoms with Crippen LogP contribution in [0.4, 0.5) is 0 Å². The minimum absolute atomic E-state index is 0.115. The number of hydrogen-bond acceptors (Lipinski definition) is 6. The van der Waals surface area contributed by atoms with Gasteiger partial charge >= 0.3 is 0 Å². The van der Waals surface area contributed by atoms with Crippen molar-refractivity contribution in [2.24, 2.45) is 11.5 Å². The summed E-state index contributed by atoms with van der Waals surface area (Å²) in [6.45, 7) is 9.08. The highest BCUT2D eigenvalue weighted by molar-refractivity contribution is 5.84. The summed E-state index contributed by atoms with van der Waals surface area (Å²) in [5.41, 5.74) is 11.9. The summed E-state index contributed by atoms with van der Waals surface area (Å²) in [5.74, 6) is -0.458. The lowest BCUT2D eigenvalue weighted by Gasteiger charge is -2.16. The number of hydrogen-bond donors (Lipinski definition) is 3. The fraction of sp³-hybridized carbons (Fsp3) is 0.474. The van der Waals surface area contributed by atoms with Gasteiger partial charge in [0.05, 0.1) is 0 Å². The van der Waals surface area contributed by atoms with Crippen molar-refractivity contribution in [1.82, 2.24) is 15.5 Å². The summed E-state index contributed by atoms with van der Waals surface area (Å²) in [7, 11) is 0. The Bertz CT molecular complexity index is 753. The predicted molar refractivity (Wildman–Crippen MR) is 102 cm³/mol. The number of aromatic nitrogens is 2. The van der Waals surface area contributed by atoms with Crippen molar-refractivity contribution in [3.05, 3.63) is 47.2 Å². The molecule has 0 aliphatic heterocycles. The second-order valence-corrected chi connectivity index (χ2v) is 6.41. The fourth-order valence-electron chi connectivity index (χ4n) is 2.23. The van der Waals surface area contributed by atoms with Gasteiger partial charge in [-0.15, -0.1) is 10.2 Å². The number of amides is 2. The molecule has 1 aromatic carbocycles. The maximum absolute atomic E-state index is 11.5. The third-order valence-electron chi connectivity index (χ3n) is 3.97. The molecule has 1 unspecified atom stereocenters. The topological polar surface area (TPSA) is 137 Å². The van der Waals surface area contributed by atoms with Gasteiger partial charge < -0.3 is 21.2 Å². The van der Waals surface area contributed by atoms with E-state index in [-0.39, 0.29) is 17.7 Å². The number of nitrogens with two attached hydrogens (primary N) is 2. The van der Waals surface area contributed by atoms with E-state index in [1.54, 1.807) is 13.8 Å². The molecule has 1 atom stereocenters. The van der Waals surface area contributed by atoms with Crippen molar-refractivity contribution in [3.63, 3.8) is 0 Å². The van der Waals surface area contributed by atoms with Crippen molar-refractivity contribution in [3.8, 4) is 0 Å². The molecule has 0 aliphatic rings. The van der Waals surface area contributed by atoms with Crippen LogP contribution in [0, 0.1) is 0 Å². The van der Waals surface area contributed by atoms with E-state index in [0.717, 1.165) is 11.1 Å². The van der Waals surface area contributed by atoms with Gasteiger partial charge in [-0.2, -0.15) is 0 Å². The number of carbonyl (C=O) groups is 2. The molecule has 8 heteroatoms. The fourth-order valence-corrected chi connectivity index (χ4v) is 2.23. The highest BCUT2D eigenvalue weighted by Gasteiger charge is 2.34. The van der Waals surface area contributed by atoms with Crippen molar-refractivity contribution < 1.29 is 14.0 Å². The Hall–Kier alpha value is -2.74. The minimum Gasteiger partial charge on any atom is -0.422 e. The molecule has 5 N–H and O–H groups in total. The maximum atomic E-state index is 11.5. The van der Waals surface area contributed by atoms with E-state index in [4.69, 9.17) is 15.9 Å². The van der Waals surface area contributed by atoms with Crippen LogP contribution in [-0.4, -0.2) is 22.0 Å². The van der Waals surface area contributed by atoms with Crippen LogP contribution in [0.5, 0.6) is 0 Å². The zero-order valence-electron chi connectivity index (χ0n) is 16.6. The van der Waals surface area contributed by atoms with Crippen molar-refractivity contribution in [2.75, 3.05) is 0 Å². The molecule has 0 saturated heterocycles.